The van der Waals surface area contributed by atoms with Gasteiger partial charge in [0.1, 0.15) is 6.10 Å². The Kier molecular flexibility index (Phi) is 4.60. The summed E-state index contributed by atoms with van der Waals surface area (Å²) in [7, 11) is 0. The van der Waals surface area contributed by atoms with E-state index in [9.17, 15) is 0 Å². The summed E-state index contributed by atoms with van der Waals surface area (Å²) in [6.45, 7) is 2.24. The van der Waals surface area contributed by atoms with Crippen molar-refractivity contribution in [3.8, 4) is 0 Å². The van der Waals surface area contributed by atoms with Crippen molar-refractivity contribution in [3.63, 3.8) is 0 Å². The van der Waals surface area contributed by atoms with Crippen LogP contribution in [0.15, 0.2) is 35.5 Å². The summed E-state index contributed by atoms with van der Waals surface area (Å²) in [5, 5.41) is 4.20. The first kappa shape index (κ1) is 12.2. The molecule has 0 aliphatic carbocycles. The molecular formula is C15H21NO. The molecular weight excluding hydrogens is 210 g/mol. The molecule has 92 valence electrons. The first-order valence-electron chi connectivity index (χ1n) is 6.68. The molecule has 0 aromatic heterocycles. The first-order valence-corrected chi connectivity index (χ1v) is 6.68. The maximum absolute atomic E-state index is 5.49. The summed E-state index contributed by atoms with van der Waals surface area (Å²) < 4.78 is 0. The van der Waals surface area contributed by atoms with Gasteiger partial charge < -0.3 is 4.84 Å². The van der Waals surface area contributed by atoms with E-state index in [-0.39, 0.29) is 0 Å². The minimum Gasteiger partial charge on any atom is -0.392 e. The van der Waals surface area contributed by atoms with Crippen LogP contribution in [0.2, 0.25) is 0 Å². The van der Waals surface area contributed by atoms with Gasteiger partial charge in [-0.2, -0.15) is 0 Å². The minimum absolute atomic E-state index is 0.307. The lowest BCUT2D eigenvalue weighted by Crippen LogP contribution is -2.08. The van der Waals surface area contributed by atoms with E-state index in [1.807, 2.05) is 18.2 Å². The molecule has 2 heteroatoms. The van der Waals surface area contributed by atoms with Crippen LogP contribution in [0.4, 0.5) is 0 Å². The average Bonchev–Trinajstić information content (AvgIpc) is 2.85. The van der Waals surface area contributed by atoms with E-state index in [1.165, 1.54) is 31.2 Å². The quantitative estimate of drug-likeness (QED) is 0.674. The van der Waals surface area contributed by atoms with E-state index < -0.39 is 0 Å². The molecule has 0 spiro atoms. The fourth-order valence-corrected chi connectivity index (χ4v) is 2.18. The maximum atomic E-state index is 5.49. The Bertz CT molecular complexity index is 358. The molecule has 0 amide bonds. The Morgan fingerprint density at radius 1 is 1.18 bits per heavy atom. The second kappa shape index (κ2) is 6.43. The Labute approximate surface area is 104 Å². The molecule has 1 heterocycles. The molecule has 0 fully saturated rings. The van der Waals surface area contributed by atoms with Crippen molar-refractivity contribution >= 4 is 5.71 Å². The highest BCUT2D eigenvalue weighted by Crippen LogP contribution is 2.20. The van der Waals surface area contributed by atoms with Gasteiger partial charge in [0.25, 0.3) is 0 Å². The number of hydrogen-bond donors (Lipinski definition) is 0. The SMILES string of the molecule is CCCCCCC1CC(c2ccccc2)=NO1. The molecule has 1 aromatic carbocycles. The molecule has 1 atom stereocenters. The molecule has 0 N–H and O–H groups in total. The van der Waals surface area contributed by atoms with Crippen molar-refractivity contribution in [3.05, 3.63) is 35.9 Å². The van der Waals surface area contributed by atoms with E-state index in [2.05, 4.69) is 24.2 Å². The molecule has 1 aliphatic heterocycles. The topological polar surface area (TPSA) is 21.6 Å². The summed E-state index contributed by atoms with van der Waals surface area (Å²) in [5.74, 6) is 0. The molecule has 1 aromatic rings. The molecule has 0 saturated heterocycles. The number of rotatable bonds is 6. The normalized spacial score (nSPS) is 18.9. The van der Waals surface area contributed by atoms with Crippen LogP contribution < -0.4 is 0 Å². The zero-order valence-electron chi connectivity index (χ0n) is 10.6. The van der Waals surface area contributed by atoms with Gasteiger partial charge in [-0.05, 0) is 18.4 Å². The lowest BCUT2D eigenvalue weighted by atomic mass is 10.0. The number of unbranched alkanes of at least 4 members (excludes halogenated alkanes) is 3. The fourth-order valence-electron chi connectivity index (χ4n) is 2.18. The van der Waals surface area contributed by atoms with Gasteiger partial charge in [0.2, 0.25) is 0 Å². The third-order valence-corrected chi connectivity index (χ3v) is 3.22. The van der Waals surface area contributed by atoms with E-state index in [4.69, 9.17) is 4.84 Å². The van der Waals surface area contributed by atoms with Crippen LogP contribution >= 0.6 is 0 Å². The lowest BCUT2D eigenvalue weighted by molar-refractivity contribution is 0.0770. The van der Waals surface area contributed by atoms with Gasteiger partial charge in [-0.15, -0.1) is 0 Å². The van der Waals surface area contributed by atoms with Crippen LogP contribution in [0.3, 0.4) is 0 Å². The molecule has 1 unspecified atom stereocenters. The number of hydrogen-bond acceptors (Lipinski definition) is 2. The summed E-state index contributed by atoms with van der Waals surface area (Å²) >= 11 is 0. The van der Waals surface area contributed by atoms with E-state index >= 15 is 0 Å². The van der Waals surface area contributed by atoms with Gasteiger partial charge >= 0.3 is 0 Å². The maximum Gasteiger partial charge on any atom is 0.133 e. The van der Waals surface area contributed by atoms with E-state index in [0.29, 0.717) is 6.10 Å². The van der Waals surface area contributed by atoms with Crippen molar-refractivity contribution in [2.75, 3.05) is 0 Å². The predicted molar refractivity (Wildman–Crippen MR) is 71.2 cm³/mol. The summed E-state index contributed by atoms with van der Waals surface area (Å²) in [4.78, 5) is 5.49. The lowest BCUT2D eigenvalue weighted by Gasteiger charge is -2.07. The van der Waals surface area contributed by atoms with E-state index in [1.54, 1.807) is 0 Å². The van der Waals surface area contributed by atoms with Gasteiger partial charge in [0, 0.05) is 6.42 Å². The van der Waals surface area contributed by atoms with Crippen molar-refractivity contribution in [2.24, 2.45) is 5.16 Å². The summed E-state index contributed by atoms with van der Waals surface area (Å²) in [6.07, 6.45) is 7.61. The van der Waals surface area contributed by atoms with Crippen molar-refractivity contribution in [1.82, 2.24) is 0 Å². The van der Waals surface area contributed by atoms with Crippen LogP contribution in [-0.4, -0.2) is 11.8 Å². The highest BCUT2D eigenvalue weighted by atomic mass is 16.6. The zero-order valence-corrected chi connectivity index (χ0v) is 10.6. The van der Waals surface area contributed by atoms with Crippen molar-refractivity contribution in [2.45, 2.75) is 51.6 Å². The smallest absolute Gasteiger partial charge is 0.133 e. The summed E-state index contributed by atoms with van der Waals surface area (Å²) in [6, 6.07) is 10.3. The number of oxime groups is 1. The largest absolute Gasteiger partial charge is 0.392 e. The number of benzene rings is 1. The molecule has 0 saturated carbocycles. The highest BCUT2D eigenvalue weighted by Gasteiger charge is 2.21. The van der Waals surface area contributed by atoms with Crippen LogP contribution in [0.1, 0.15) is 51.0 Å². The minimum atomic E-state index is 0.307. The van der Waals surface area contributed by atoms with Crippen molar-refractivity contribution < 1.29 is 4.84 Å². The predicted octanol–water partition coefficient (Wildman–Crippen LogP) is 4.15. The van der Waals surface area contributed by atoms with Gasteiger partial charge in [0.15, 0.2) is 0 Å². The Hall–Kier alpha value is -1.31. The van der Waals surface area contributed by atoms with E-state index in [0.717, 1.165) is 18.6 Å². The van der Waals surface area contributed by atoms with Gasteiger partial charge in [0.05, 0.1) is 5.71 Å². The third-order valence-electron chi connectivity index (χ3n) is 3.22. The Balaban J connectivity index is 1.75. The molecule has 2 rings (SSSR count). The van der Waals surface area contributed by atoms with Crippen LogP contribution in [0.25, 0.3) is 0 Å². The fraction of sp³-hybridized carbons (Fsp3) is 0.533. The van der Waals surface area contributed by atoms with Gasteiger partial charge in [-0.25, -0.2) is 0 Å². The third kappa shape index (κ3) is 3.58. The monoisotopic (exact) mass is 231 g/mol. The number of nitrogens with zero attached hydrogens (tertiary/aromatic N) is 1. The molecule has 0 bridgehead atoms. The first-order chi connectivity index (χ1) is 8.40. The Morgan fingerprint density at radius 2 is 2.00 bits per heavy atom. The zero-order chi connectivity index (χ0) is 11.9. The molecule has 1 aliphatic rings. The Morgan fingerprint density at radius 3 is 2.76 bits per heavy atom. The second-order valence-electron chi connectivity index (χ2n) is 4.68. The van der Waals surface area contributed by atoms with Gasteiger partial charge in [-0.3, -0.25) is 0 Å². The van der Waals surface area contributed by atoms with Gasteiger partial charge in [-0.1, -0.05) is 61.7 Å². The molecule has 17 heavy (non-hydrogen) atoms. The summed E-state index contributed by atoms with van der Waals surface area (Å²) in [5.41, 5.74) is 2.30. The molecule has 2 nitrogen and oxygen atoms in total. The van der Waals surface area contributed by atoms with Crippen LogP contribution in [0.5, 0.6) is 0 Å². The second-order valence-corrected chi connectivity index (χ2v) is 4.68. The highest BCUT2D eigenvalue weighted by molar-refractivity contribution is 6.01. The van der Waals surface area contributed by atoms with Crippen LogP contribution in [-0.2, 0) is 4.84 Å². The van der Waals surface area contributed by atoms with Crippen molar-refractivity contribution in [1.29, 1.82) is 0 Å². The van der Waals surface area contributed by atoms with Crippen LogP contribution in [0, 0.1) is 0 Å². The average molecular weight is 231 g/mol. The molecule has 0 radical (unpaired) electrons. The standard InChI is InChI=1S/C15H21NO/c1-2-3-4-8-11-14-12-15(16-17-14)13-9-6-5-7-10-13/h5-7,9-10,14H,2-4,8,11-12H2,1H3.